The maximum atomic E-state index is 13.0. The van der Waals surface area contributed by atoms with Crippen molar-refractivity contribution in [1.29, 1.82) is 0 Å². The molecule has 6 nitrogen and oxygen atoms in total. The van der Waals surface area contributed by atoms with Gasteiger partial charge in [-0.2, -0.15) is 0 Å². The summed E-state index contributed by atoms with van der Waals surface area (Å²) in [6, 6.07) is 16.0. The smallest absolute Gasteiger partial charge is 0.255 e. The summed E-state index contributed by atoms with van der Waals surface area (Å²) in [5.41, 5.74) is 4.07. The van der Waals surface area contributed by atoms with Gasteiger partial charge in [0.25, 0.3) is 5.91 Å². The van der Waals surface area contributed by atoms with Gasteiger partial charge in [-0.15, -0.1) is 0 Å². The SMILES string of the molecule is CC(NC(=O)c1ccoc1CN1c2ccccc2CC1C)c1ccc2c(c1)OCO2. The molecule has 30 heavy (non-hydrogen) atoms. The molecule has 2 unspecified atom stereocenters. The van der Waals surface area contributed by atoms with Crippen LogP contribution in [0.1, 0.15) is 47.1 Å². The van der Waals surface area contributed by atoms with Crippen molar-refractivity contribution in [3.8, 4) is 11.5 Å². The number of carbonyl (C=O) groups is 1. The van der Waals surface area contributed by atoms with Gasteiger partial charge in [0.15, 0.2) is 11.5 Å². The van der Waals surface area contributed by atoms with Crippen molar-refractivity contribution in [2.75, 3.05) is 11.7 Å². The van der Waals surface area contributed by atoms with Gasteiger partial charge >= 0.3 is 0 Å². The molecule has 154 valence electrons. The van der Waals surface area contributed by atoms with Crippen LogP contribution in [0, 0.1) is 0 Å². The van der Waals surface area contributed by atoms with Crippen molar-refractivity contribution in [1.82, 2.24) is 5.32 Å². The second kappa shape index (κ2) is 7.44. The van der Waals surface area contributed by atoms with E-state index in [1.54, 1.807) is 12.3 Å². The lowest BCUT2D eigenvalue weighted by atomic mass is 10.1. The lowest BCUT2D eigenvalue weighted by Crippen LogP contribution is -2.31. The van der Waals surface area contributed by atoms with Crippen LogP contribution in [0.2, 0.25) is 0 Å². The number of hydrogen-bond donors (Lipinski definition) is 1. The van der Waals surface area contributed by atoms with Crippen molar-refractivity contribution >= 4 is 11.6 Å². The van der Waals surface area contributed by atoms with Crippen LogP contribution >= 0.6 is 0 Å². The minimum atomic E-state index is -0.179. The summed E-state index contributed by atoms with van der Waals surface area (Å²) in [7, 11) is 0. The summed E-state index contributed by atoms with van der Waals surface area (Å²) in [4.78, 5) is 15.3. The maximum Gasteiger partial charge on any atom is 0.255 e. The van der Waals surface area contributed by atoms with Crippen LogP contribution in [0.4, 0.5) is 5.69 Å². The van der Waals surface area contributed by atoms with Gasteiger partial charge in [0.2, 0.25) is 6.79 Å². The Bertz CT molecular complexity index is 1090. The van der Waals surface area contributed by atoms with Crippen molar-refractivity contribution in [2.45, 2.75) is 38.9 Å². The van der Waals surface area contributed by atoms with E-state index in [-0.39, 0.29) is 18.7 Å². The molecule has 1 N–H and O–H groups in total. The Morgan fingerprint density at radius 3 is 2.90 bits per heavy atom. The molecular formula is C24H24N2O4. The Labute approximate surface area is 175 Å². The minimum Gasteiger partial charge on any atom is -0.467 e. The fraction of sp³-hybridized carbons (Fsp3) is 0.292. The van der Waals surface area contributed by atoms with Crippen LogP contribution in [0.5, 0.6) is 11.5 Å². The first-order chi connectivity index (χ1) is 14.6. The van der Waals surface area contributed by atoms with Crippen molar-refractivity contribution in [3.05, 3.63) is 77.2 Å². The Balaban J connectivity index is 1.31. The van der Waals surface area contributed by atoms with E-state index in [9.17, 15) is 4.79 Å². The minimum absolute atomic E-state index is 0.149. The zero-order valence-corrected chi connectivity index (χ0v) is 17.1. The number of furan rings is 1. The average Bonchev–Trinajstić information content (AvgIpc) is 3.47. The molecule has 0 aliphatic carbocycles. The topological polar surface area (TPSA) is 63.9 Å². The average molecular weight is 404 g/mol. The first-order valence-corrected chi connectivity index (χ1v) is 10.2. The highest BCUT2D eigenvalue weighted by atomic mass is 16.7. The Kier molecular flexibility index (Phi) is 4.62. The largest absolute Gasteiger partial charge is 0.467 e. The molecule has 6 heteroatoms. The number of para-hydroxylation sites is 1. The van der Waals surface area contributed by atoms with E-state index in [1.165, 1.54) is 11.3 Å². The molecule has 2 aliphatic heterocycles. The van der Waals surface area contributed by atoms with E-state index in [4.69, 9.17) is 13.9 Å². The molecule has 2 atom stereocenters. The van der Waals surface area contributed by atoms with E-state index in [0.717, 1.165) is 17.7 Å². The molecule has 3 aromatic rings. The van der Waals surface area contributed by atoms with Crippen LogP contribution in [-0.4, -0.2) is 18.7 Å². The van der Waals surface area contributed by atoms with Gasteiger partial charge < -0.3 is 24.1 Å². The summed E-state index contributed by atoms with van der Waals surface area (Å²) in [6.45, 7) is 4.95. The molecule has 0 saturated heterocycles. The van der Waals surface area contributed by atoms with Crippen LogP contribution in [0.25, 0.3) is 0 Å². The third-order valence-corrected chi connectivity index (χ3v) is 5.90. The fourth-order valence-corrected chi connectivity index (χ4v) is 4.23. The highest BCUT2D eigenvalue weighted by Crippen LogP contribution is 2.35. The Hall–Kier alpha value is -3.41. The number of ether oxygens (including phenoxy) is 2. The number of amides is 1. The number of hydrogen-bond acceptors (Lipinski definition) is 5. The number of nitrogens with zero attached hydrogens (tertiary/aromatic N) is 1. The molecule has 0 fully saturated rings. The van der Waals surface area contributed by atoms with Crippen LogP contribution in [0.15, 0.2) is 59.2 Å². The molecule has 2 aliphatic rings. The predicted octanol–water partition coefficient (Wildman–Crippen LogP) is 4.45. The van der Waals surface area contributed by atoms with Gasteiger partial charge in [0.05, 0.1) is 24.4 Å². The fourth-order valence-electron chi connectivity index (χ4n) is 4.23. The number of nitrogens with one attached hydrogen (secondary N) is 1. The van der Waals surface area contributed by atoms with Gasteiger partial charge in [0.1, 0.15) is 5.76 Å². The highest BCUT2D eigenvalue weighted by molar-refractivity contribution is 5.95. The van der Waals surface area contributed by atoms with Crippen molar-refractivity contribution < 1.29 is 18.7 Å². The number of benzene rings is 2. The summed E-state index contributed by atoms with van der Waals surface area (Å²) in [6.07, 6.45) is 2.59. The van der Waals surface area contributed by atoms with Gasteiger partial charge in [-0.05, 0) is 55.7 Å². The molecule has 5 rings (SSSR count). The second-order valence-electron chi connectivity index (χ2n) is 7.88. The second-order valence-corrected chi connectivity index (χ2v) is 7.88. The first kappa shape index (κ1) is 18.6. The van der Waals surface area contributed by atoms with E-state index < -0.39 is 0 Å². The van der Waals surface area contributed by atoms with E-state index in [2.05, 4.69) is 35.3 Å². The van der Waals surface area contributed by atoms with Crippen molar-refractivity contribution in [2.24, 2.45) is 0 Å². The van der Waals surface area contributed by atoms with E-state index >= 15 is 0 Å². The molecule has 0 saturated carbocycles. The van der Waals surface area contributed by atoms with Crippen LogP contribution in [-0.2, 0) is 13.0 Å². The first-order valence-electron chi connectivity index (χ1n) is 10.2. The molecule has 0 bridgehead atoms. The van der Waals surface area contributed by atoms with E-state index in [0.29, 0.717) is 29.7 Å². The number of rotatable bonds is 5. The van der Waals surface area contributed by atoms with E-state index in [1.807, 2.05) is 31.2 Å². The number of anilines is 1. The normalized spacial score (nSPS) is 17.7. The van der Waals surface area contributed by atoms with Gasteiger partial charge in [-0.1, -0.05) is 24.3 Å². The molecular weight excluding hydrogens is 380 g/mol. The molecule has 1 amide bonds. The standard InChI is InChI=1S/C24H24N2O4/c1-15-11-18-5-3-4-6-20(18)26(15)13-23-19(9-10-28-23)24(27)25-16(2)17-7-8-21-22(12-17)30-14-29-21/h3-10,12,15-16H,11,13-14H2,1-2H3,(H,25,27). The predicted molar refractivity (Wildman–Crippen MR) is 113 cm³/mol. The monoisotopic (exact) mass is 404 g/mol. The summed E-state index contributed by atoms with van der Waals surface area (Å²) < 4.78 is 16.5. The summed E-state index contributed by atoms with van der Waals surface area (Å²) in [5.74, 6) is 1.96. The van der Waals surface area contributed by atoms with Crippen LogP contribution in [0.3, 0.4) is 0 Å². The molecule has 1 aromatic heterocycles. The van der Waals surface area contributed by atoms with Crippen molar-refractivity contribution in [3.63, 3.8) is 0 Å². The Morgan fingerprint density at radius 2 is 2.00 bits per heavy atom. The van der Waals surface area contributed by atoms with Gasteiger partial charge in [0, 0.05) is 11.7 Å². The maximum absolute atomic E-state index is 13.0. The number of carbonyl (C=O) groups excluding carboxylic acids is 1. The van der Waals surface area contributed by atoms with Gasteiger partial charge in [-0.25, -0.2) is 0 Å². The lowest BCUT2D eigenvalue weighted by Gasteiger charge is -2.24. The third kappa shape index (κ3) is 3.28. The zero-order chi connectivity index (χ0) is 20.7. The quantitative estimate of drug-likeness (QED) is 0.681. The number of fused-ring (bicyclic) bond motifs is 2. The molecule has 2 aromatic carbocycles. The van der Waals surface area contributed by atoms with Crippen LogP contribution < -0.4 is 19.7 Å². The molecule has 3 heterocycles. The summed E-state index contributed by atoms with van der Waals surface area (Å²) in [5, 5.41) is 3.07. The third-order valence-electron chi connectivity index (χ3n) is 5.90. The Morgan fingerprint density at radius 1 is 1.17 bits per heavy atom. The summed E-state index contributed by atoms with van der Waals surface area (Å²) >= 11 is 0. The molecule has 0 radical (unpaired) electrons. The van der Waals surface area contributed by atoms with Gasteiger partial charge in [-0.3, -0.25) is 4.79 Å². The molecule has 0 spiro atoms. The zero-order valence-electron chi connectivity index (χ0n) is 17.1. The highest BCUT2D eigenvalue weighted by Gasteiger charge is 2.28. The lowest BCUT2D eigenvalue weighted by molar-refractivity contribution is 0.0937.